The second kappa shape index (κ2) is 6.11. The van der Waals surface area contributed by atoms with Gasteiger partial charge in [-0.05, 0) is 31.2 Å². The van der Waals surface area contributed by atoms with Crippen molar-refractivity contribution < 1.29 is 14.3 Å². The van der Waals surface area contributed by atoms with Gasteiger partial charge in [-0.1, -0.05) is 5.21 Å². The molecule has 0 aliphatic heterocycles. The van der Waals surface area contributed by atoms with E-state index in [2.05, 4.69) is 20.0 Å². The molecule has 9 heteroatoms. The molecule has 3 rings (SSSR count). The molecule has 2 aromatic heterocycles. The molecule has 0 aliphatic carbocycles. The van der Waals surface area contributed by atoms with Crippen molar-refractivity contribution in [2.75, 3.05) is 14.2 Å². The Morgan fingerprint density at radius 2 is 1.92 bits per heavy atom. The van der Waals surface area contributed by atoms with Crippen LogP contribution in [0.15, 0.2) is 35.4 Å². The molecule has 0 N–H and O–H groups in total. The van der Waals surface area contributed by atoms with Gasteiger partial charge < -0.3 is 9.47 Å². The summed E-state index contributed by atoms with van der Waals surface area (Å²) in [5, 5.41) is 7.88. The lowest BCUT2D eigenvalue weighted by Gasteiger charge is -2.11. The molecule has 1 aromatic carbocycles. The van der Waals surface area contributed by atoms with E-state index < -0.39 is 17.6 Å². The summed E-state index contributed by atoms with van der Waals surface area (Å²) in [6, 6.07) is 6.28. The van der Waals surface area contributed by atoms with E-state index in [1.807, 2.05) is 0 Å². The summed E-state index contributed by atoms with van der Waals surface area (Å²) in [4.78, 5) is 28.4. The van der Waals surface area contributed by atoms with E-state index in [0.29, 0.717) is 17.1 Å². The quantitative estimate of drug-likeness (QED) is 0.650. The van der Waals surface area contributed by atoms with Crippen LogP contribution in [0.5, 0.6) is 5.75 Å². The molecule has 0 unspecified atom stereocenters. The van der Waals surface area contributed by atoms with Crippen LogP contribution in [0, 0.1) is 0 Å². The number of hydrogen-bond acceptors (Lipinski definition) is 7. The number of hydrogen-bond donors (Lipinski definition) is 0. The minimum absolute atomic E-state index is 0.0732. The first kappa shape index (κ1) is 15.7. The number of carbonyl (C=O) groups excluding carboxylic acids is 1. The van der Waals surface area contributed by atoms with Gasteiger partial charge in [0.15, 0.2) is 11.2 Å². The predicted octanol–water partition coefficient (Wildman–Crippen LogP) is 0.720. The lowest BCUT2D eigenvalue weighted by molar-refractivity contribution is -0.144. The van der Waals surface area contributed by atoms with Crippen LogP contribution in [0.1, 0.15) is 13.0 Å². The number of esters is 1. The lowest BCUT2D eigenvalue weighted by atomic mass is 10.3. The highest BCUT2D eigenvalue weighted by molar-refractivity contribution is 5.75. The van der Waals surface area contributed by atoms with Crippen LogP contribution < -0.4 is 10.3 Å². The van der Waals surface area contributed by atoms with E-state index in [4.69, 9.17) is 4.74 Å². The Morgan fingerprint density at radius 3 is 2.54 bits per heavy atom. The molecule has 0 fully saturated rings. The van der Waals surface area contributed by atoms with Crippen molar-refractivity contribution in [3.63, 3.8) is 0 Å². The maximum absolute atomic E-state index is 12.5. The van der Waals surface area contributed by atoms with Crippen LogP contribution in [0.3, 0.4) is 0 Å². The number of fused-ring (bicyclic) bond motifs is 1. The first-order chi connectivity index (χ1) is 11.6. The van der Waals surface area contributed by atoms with Crippen molar-refractivity contribution in [1.29, 1.82) is 0 Å². The lowest BCUT2D eigenvalue weighted by Crippen LogP contribution is -2.29. The molecule has 0 amide bonds. The zero-order valence-electron chi connectivity index (χ0n) is 13.3. The Morgan fingerprint density at radius 1 is 1.21 bits per heavy atom. The first-order valence-electron chi connectivity index (χ1n) is 7.11. The van der Waals surface area contributed by atoms with Gasteiger partial charge in [-0.2, -0.15) is 4.68 Å². The standard InChI is InChI=1S/C15H15N5O4/c1-9(15(22)24-3)19-8-16-13-12(14(19)21)17-18-20(13)10-4-6-11(23-2)7-5-10/h4-9H,1-3H3/t9-/m1/s1. The van der Waals surface area contributed by atoms with E-state index >= 15 is 0 Å². The molecule has 0 saturated heterocycles. The van der Waals surface area contributed by atoms with Gasteiger partial charge in [0.1, 0.15) is 18.1 Å². The molecule has 0 bridgehead atoms. The van der Waals surface area contributed by atoms with Crippen molar-refractivity contribution in [3.05, 3.63) is 40.9 Å². The second-order valence-corrected chi connectivity index (χ2v) is 5.03. The molecule has 24 heavy (non-hydrogen) atoms. The summed E-state index contributed by atoms with van der Waals surface area (Å²) in [5.74, 6) is 0.159. The average Bonchev–Trinajstić information content (AvgIpc) is 3.06. The third kappa shape index (κ3) is 2.49. The third-order valence-corrected chi connectivity index (χ3v) is 3.66. The Balaban J connectivity index is 2.09. The number of rotatable bonds is 4. The molecule has 1 atom stereocenters. The maximum atomic E-state index is 12.5. The zero-order valence-corrected chi connectivity index (χ0v) is 13.3. The van der Waals surface area contributed by atoms with Crippen LogP contribution in [-0.2, 0) is 9.53 Å². The van der Waals surface area contributed by atoms with Gasteiger partial charge in [0.05, 0.1) is 19.9 Å². The maximum Gasteiger partial charge on any atom is 0.328 e. The van der Waals surface area contributed by atoms with Crippen LogP contribution in [0.25, 0.3) is 16.9 Å². The summed E-state index contributed by atoms with van der Waals surface area (Å²) >= 11 is 0. The molecule has 0 spiro atoms. The molecule has 0 radical (unpaired) electrons. The van der Waals surface area contributed by atoms with Gasteiger partial charge in [0.25, 0.3) is 5.56 Å². The smallest absolute Gasteiger partial charge is 0.328 e. The number of benzene rings is 1. The van der Waals surface area contributed by atoms with Gasteiger partial charge in [0.2, 0.25) is 0 Å². The molecular formula is C15H15N5O4. The highest BCUT2D eigenvalue weighted by Crippen LogP contribution is 2.17. The number of ether oxygens (including phenoxy) is 2. The van der Waals surface area contributed by atoms with Crippen LogP contribution in [0.2, 0.25) is 0 Å². The SMILES string of the molecule is COC(=O)[C@@H](C)n1cnc2c(nnn2-c2ccc(OC)cc2)c1=O. The summed E-state index contributed by atoms with van der Waals surface area (Å²) in [5.41, 5.74) is 0.601. The van der Waals surface area contributed by atoms with Gasteiger partial charge in [-0.3, -0.25) is 9.36 Å². The van der Waals surface area contributed by atoms with Crippen molar-refractivity contribution in [2.45, 2.75) is 13.0 Å². The van der Waals surface area contributed by atoms with Gasteiger partial charge >= 0.3 is 5.97 Å². The Hall–Kier alpha value is -3.23. The molecule has 0 aliphatic rings. The van der Waals surface area contributed by atoms with Crippen LogP contribution in [-0.4, -0.2) is 44.7 Å². The van der Waals surface area contributed by atoms with Gasteiger partial charge in [-0.15, -0.1) is 5.10 Å². The fourth-order valence-electron chi connectivity index (χ4n) is 2.28. The Kier molecular flexibility index (Phi) is 3.98. The largest absolute Gasteiger partial charge is 0.497 e. The molecule has 0 saturated carbocycles. The van der Waals surface area contributed by atoms with Gasteiger partial charge in [0, 0.05) is 0 Å². The van der Waals surface area contributed by atoms with Crippen molar-refractivity contribution in [3.8, 4) is 11.4 Å². The number of carbonyl (C=O) groups is 1. The van der Waals surface area contributed by atoms with E-state index in [1.165, 1.54) is 22.7 Å². The molecule has 2 heterocycles. The third-order valence-electron chi connectivity index (χ3n) is 3.66. The number of methoxy groups -OCH3 is 2. The zero-order chi connectivity index (χ0) is 17.3. The summed E-state index contributed by atoms with van der Waals surface area (Å²) in [6.07, 6.45) is 1.29. The fraction of sp³-hybridized carbons (Fsp3) is 0.267. The molecule has 124 valence electrons. The highest BCUT2D eigenvalue weighted by Gasteiger charge is 2.20. The Labute approximate surface area is 136 Å². The van der Waals surface area contributed by atoms with Crippen LogP contribution >= 0.6 is 0 Å². The molecular weight excluding hydrogens is 314 g/mol. The van der Waals surface area contributed by atoms with E-state index in [0.717, 1.165) is 0 Å². The minimum Gasteiger partial charge on any atom is -0.497 e. The Bertz CT molecular complexity index is 945. The number of nitrogens with zero attached hydrogens (tertiary/aromatic N) is 5. The van der Waals surface area contributed by atoms with Gasteiger partial charge in [-0.25, -0.2) is 9.78 Å². The highest BCUT2D eigenvalue weighted by atomic mass is 16.5. The normalized spacial score (nSPS) is 12.1. The average molecular weight is 329 g/mol. The summed E-state index contributed by atoms with van der Waals surface area (Å²) < 4.78 is 12.4. The topological polar surface area (TPSA) is 101 Å². The van der Waals surface area contributed by atoms with E-state index in [1.54, 1.807) is 38.3 Å². The summed E-state index contributed by atoms with van der Waals surface area (Å²) in [7, 11) is 2.84. The van der Waals surface area contributed by atoms with E-state index in [9.17, 15) is 9.59 Å². The minimum atomic E-state index is -0.800. The van der Waals surface area contributed by atoms with Crippen LogP contribution in [0.4, 0.5) is 0 Å². The van der Waals surface area contributed by atoms with Crippen molar-refractivity contribution in [2.24, 2.45) is 0 Å². The molecule has 9 nitrogen and oxygen atoms in total. The predicted molar refractivity (Wildman–Crippen MR) is 84.2 cm³/mol. The van der Waals surface area contributed by atoms with Crippen molar-refractivity contribution >= 4 is 17.1 Å². The van der Waals surface area contributed by atoms with Crippen molar-refractivity contribution in [1.82, 2.24) is 24.5 Å². The number of aromatic nitrogens is 5. The second-order valence-electron chi connectivity index (χ2n) is 5.03. The fourth-order valence-corrected chi connectivity index (χ4v) is 2.28. The first-order valence-corrected chi connectivity index (χ1v) is 7.11. The summed E-state index contributed by atoms with van der Waals surface area (Å²) in [6.45, 7) is 1.55. The monoisotopic (exact) mass is 329 g/mol. The van der Waals surface area contributed by atoms with E-state index in [-0.39, 0.29) is 5.52 Å². The molecule has 3 aromatic rings.